The number of benzene rings is 2. The lowest BCUT2D eigenvalue weighted by Gasteiger charge is -2.11. The summed E-state index contributed by atoms with van der Waals surface area (Å²) in [7, 11) is 0. The molecule has 2 nitrogen and oxygen atoms in total. The second kappa shape index (κ2) is 5.64. The Balaban J connectivity index is 1.86. The Hall–Kier alpha value is -1.23. The van der Waals surface area contributed by atoms with Crippen LogP contribution in [0.25, 0.3) is 10.2 Å². The van der Waals surface area contributed by atoms with Gasteiger partial charge in [-0.1, -0.05) is 40.2 Å². The van der Waals surface area contributed by atoms with Crippen molar-refractivity contribution < 1.29 is 5.11 Å². The zero-order chi connectivity index (χ0) is 14.1. The Bertz CT molecular complexity index is 720. The quantitative estimate of drug-likeness (QED) is 0.748. The van der Waals surface area contributed by atoms with Crippen LogP contribution in [0.2, 0.25) is 0 Å². The lowest BCUT2D eigenvalue weighted by molar-refractivity contribution is 0.177. The van der Waals surface area contributed by atoms with Crippen LogP contribution in [0.4, 0.5) is 0 Å². The second-order valence-corrected chi connectivity index (χ2v) is 6.79. The van der Waals surface area contributed by atoms with Gasteiger partial charge >= 0.3 is 0 Å². The van der Waals surface area contributed by atoms with Crippen molar-refractivity contribution in [2.45, 2.75) is 19.4 Å². The summed E-state index contributed by atoms with van der Waals surface area (Å²) in [6.45, 7) is 2.04. The van der Waals surface area contributed by atoms with Gasteiger partial charge in [0, 0.05) is 10.9 Å². The van der Waals surface area contributed by atoms with Gasteiger partial charge in [-0.15, -0.1) is 11.3 Å². The first kappa shape index (κ1) is 13.7. The number of hydrogen-bond donors (Lipinski definition) is 1. The van der Waals surface area contributed by atoms with Gasteiger partial charge in [0.1, 0.15) is 0 Å². The molecule has 2 aromatic carbocycles. The fraction of sp³-hybridized carbons (Fsp3) is 0.188. The third-order valence-corrected chi connectivity index (χ3v) is 4.97. The molecule has 0 aliphatic carbocycles. The van der Waals surface area contributed by atoms with Crippen molar-refractivity contribution in [3.05, 3.63) is 63.1 Å². The molecule has 1 unspecified atom stereocenters. The van der Waals surface area contributed by atoms with Crippen LogP contribution >= 0.6 is 27.3 Å². The van der Waals surface area contributed by atoms with Gasteiger partial charge in [-0.2, -0.15) is 0 Å². The molecule has 3 aromatic rings. The minimum atomic E-state index is -0.537. The van der Waals surface area contributed by atoms with E-state index in [1.54, 1.807) is 11.3 Å². The minimum Gasteiger partial charge on any atom is -0.388 e. The average molecular weight is 348 g/mol. The van der Waals surface area contributed by atoms with Crippen molar-refractivity contribution in [3.8, 4) is 0 Å². The topological polar surface area (TPSA) is 33.1 Å². The van der Waals surface area contributed by atoms with Crippen LogP contribution in [0.3, 0.4) is 0 Å². The molecular weight excluding hydrogens is 334 g/mol. The number of para-hydroxylation sites is 1. The highest BCUT2D eigenvalue weighted by atomic mass is 79.9. The standard InChI is InChI=1S/C16H14BrNOS/c1-10-6-7-11(12(17)8-10)14(19)9-16-18-13-4-2-3-5-15(13)20-16/h2-8,14,19H,9H2,1H3. The molecule has 3 rings (SSSR count). The maximum Gasteiger partial charge on any atom is 0.0967 e. The van der Waals surface area contributed by atoms with Crippen molar-refractivity contribution in [1.82, 2.24) is 4.98 Å². The third kappa shape index (κ3) is 2.77. The summed E-state index contributed by atoms with van der Waals surface area (Å²) in [6, 6.07) is 14.1. The molecule has 0 radical (unpaired) electrons. The first-order valence-electron chi connectivity index (χ1n) is 6.42. The molecule has 0 aliphatic rings. The van der Waals surface area contributed by atoms with Gasteiger partial charge in [0.15, 0.2) is 0 Å². The van der Waals surface area contributed by atoms with Gasteiger partial charge in [-0.3, -0.25) is 0 Å². The number of aromatic nitrogens is 1. The molecule has 0 saturated carbocycles. The van der Waals surface area contributed by atoms with Gasteiger partial charge in [-0.05, 0) is 36.2 Å². The van der Waals surface area contributed by atoms with Crippen LogP contribution in [0.15, 0.2) is 46.9 Å². The summed E-state index contributed by atoms with van der Waals surface area (Å²) < 4.78 is 2.11. The fourth-order valence-electron chi connectivity index (χ4n) is 2.19. The summed E-state index contributed by atoms with van der Waals surface area (Å²) in [5.74, 6) is 0. The van der Waals surface area contributed by atoms with E-state index < -0.39 is 6.10 Å². The molecule has 0 saturated heterocycles. The number of fused-ring (bicyclic) bond motifs is 1. The van der Waals surface area contributed by atoms with Crippen LogP contribution in [0.1, 0.15) is 22.2 Å². The third-order valence-electron chi connectivity index (χ3n) is 3.22. The maximum atomic E-state index is 10.4. The van der Waals surface area contributed by atoms with E-state index in [0.717, 1.165) is 25.3 Å². The van der Waals surface area contributed by atoms with Crippen LogP contribution < -0.4 is 0 Å². The monoisotopic (exact) mass is 347 g/mol. The maximum absolute atomic E-state index is 10.4. The predicted molar refractivity (Wildman–Crippen MR) is 87.2 cm³/mol. The Morgan fingerprint density at radius 3 is 2.80 bits per heavy atom. The van der Waals surface area contributed by atoms with Crippen molar-refractivity contribution in [2.24, 2.45) is 0 Å². The minimum absolute atomic E-state index is 0.537. The molecule has 1 atom stereocenters. The summed E-state index contributed by atoms with van der Waals surface area (Å²) in [6.07, 6.45) is 0.00613. The average Bonchev–Trinajstić information content (AvgIpc) is 2.80. The number of thiazole rings is 1. The van der Waals surface area contributed by atoms with Gasteiger partial charge < -0.3 is 5.11 Å². The molecule has 102 valence electrons. The molecule has 0 fully saturated rings. The van der Waals surface area contributed by atoms with Crippen molar-refractivity contribution in [3.63, 3.8) is 0 Å². The van der Waals surface area contributed by atoms with E-state index in [2.05, 4.69) is 27.0 Å². The normalized spacial score (nSPS) is 12.8. The van der Waals surface area contributed by atoms with E-state index in [1.165, 1.54) is 5.56 Å². The molecule has 1 aromatic heterocycles. The van der Waals surface area contributed by atoms with Gasteiger partial charge in [0.2, 0.25) is 0 Å². The number of aliphatic hydroxyl groups excluding tert-OH is 1. The molecule has 1 N–H and O–H groups in total. The number of halogens is 1. The number of aryl methyl sites for hydroxylation is 1. The predicted octanol–water partition coefficient (Wildman–Crippen LogP) is 4.64. The number of hydrogen-bond acceptors (Lipinski definition) is 3. The Labute approximate surface area is 130 Å². The number of nitrogens with zero attached hydrogens (tertiary/aromatic N) is 1. The molecule has 1 heterocycles. The fourth-order valence-corrected chi connectivity index (χ4v) is 3.95. The highest BCUT2D eigenvalue weighted by Gasteiger charge is 2.14. The molecule has 0 spiro atoms. The molecule has 20 heavy (non-hydrogen) atoms. The highest BCUT2D eigenvalue weighted by Crippen LogP contribution is 2.29. The summed E-state index contributed by atoms with van der Waals surface area (Å²) in [5.41, 5.74) is 3.09. The van der Waals surface area contributed by atoms with Crippen LogP contribution in [-0.2, 0) is 6.42 Å². The van der Waals surface area contributed by atoms with Crippen molar-refractivity contribution in [1.29, 1.82) is 0 Å². The molecule has 0 aliphatic heterocycles. The smallest absolute Gasteiger partial charge is 0.0967 e. The lowest BCUT2D eigenvalue weighted by atomic mass is 10.1. The van der Waals surface area contributed by atoms with E-state index in [-0.39, 0.29) is 0 Å². The molecule has 0 bridgehead atoms. The Kier molecular flexibility index (Phi) is 3.87. The first-order chi connectivity index (χ1) is 9.63. The van der Waals surface area contributed by atoms with Gasteiger partial charge in [-0.25, -0.2) is 4.98 Å². The van der Waals surface area contributed by atoms with Crippen LogP contribution in [0.5, 0.6) is 0 Å². The summed E-state index contributed by atoms with van der Waals surface area (Å²) in [4.78, 5) is 4.57. The van der Waals surface area contributed by atoms with Crippen molar-refractivity contribution in [2.75, 3.05) is 0 Å². The van der Waals surface area contributed by atoms with Crippen LogP contribution in [0, 0.1) is 6.92 Å². The highest BCUT2D eigenvalue weighted by molar-refractivity contribution is 9.10. The summed E-state index contributed by atoms with van der Waals surface area (Å²) in [5, 5.41) is 11.4. The van der Waals surface area contributed by atoms with Crippen LogP contribution in [-0.4, -0.2) is 10.1 Å². The van der Waals surface area contributed by atoms with Crippen molar-refractivity contribution >= 4 is 37.5 Å². The van der Waals surface area contributed by atoms with E-state index in [9.17, 15) is 5.11 Å². The zero-order valence-corrected chi connectivity index (χ0v) is 13.4. The van der Waals surface area contributed by atoms with E-state index in [1.807, 2.05) is 43.3 Å². The number of aliphatic hydroxyl groups is 1. The number of rotatable bonds is 3. The van der Waals surface area contributed by atoms with E-state index in [4.69, 9.17) is 0 Å². The second-order valence-electron chi connectivity index (χ2n) is 4.82. The lowest BCUT2D eigenvalue weighted by Crippen LogP contribution is -2.02. The Morgan fingerprint density at radius 2 is 2.05 bits per heavy atom. The largest absolute Gasteiger partial charge is 0.388 e. The van der Waals surface area contributed by atoms with Gasteiger partial charge in [0.05, 0.1) is 21.3 Å². The van der Waals surface area contributed by atoms with E-state index >= 15 is 0 Å². The SMILES string of the molecule is Cc1ccc(C(O)Cc2nc3ccccc3s2)c(Br)c1. The Morgan fingerprint density at radius 1 is 1.25 bits per heavy atom. The molecular formula is C16H14BrNOS. The van der Waals surface area contributed by atoms with Gasteiger partial charge in [0.25, 0.3) is 0 Å². The first-order valence-corrected chi connectivity index (χ1v) is 8.03. The zero-order valence-electron chi connectivity index (χ0n) is 11.0. The molecule has 4 heteroatoms. The molecule has 0 amide bonds. The van der Waals surface area contributed by atoms with E-state index in [0.29, 0.717) is 6.42 Å². The summed E-state index contributed by atoms with van der Waals surface area (Å²) >= 11 is 5.16.